The van der Waals surface area contributed by atoms with Gasteiger partial charge in [0.15, 0.2) is 11.6 Å². The number of rotatable bonds is 5. The van der Waals surface area contributed by atoms with Gasteiger partial charge in [-0.15, -0.1) is 0 Å². The maximum Gasteiger partial charge on any atom is 0.271 e. The number of hydrogen-bond acceptors (Lipinski definition) is 7. The first-order chi connectivity index (χ1) is 23.8. The number of nitriles is 1. The number of pyridine rings is 1. The fraction of sp³-hybridized carbons (Fsp3) is 0.568. The molecule has 13 heteroatoms. The van der Waals surface area contributed by atoms with Gasteiger partial charge in [-0.3, -0.25) is 19.2 Å². The molecule has 6 aliphatic rings. The van der Waals surface area contributed by atoms with Crippen LogP contribution in [-0.4, -0.2) is 81.4 Å². The number of carbonyl (C=O) groups excluding carboxylic acids is 4. The fourth-order valence-electron chi connectivity index (χ4n) is 9.57. The van der Waals surface area contributed by atoms with Crippen molar-refractivity contribution >= 4 is 29.4 Å². The molecule has 4 amide bonds. The van der Waals surface area contributed by atoms with Crippen LogP contribution < -0.4 is 15.4 Å². The van der Waals surface area contributed by atoms with Gasteiger partial charge < -0.3 is 25.2 Å². The molecule has 1 aromatic heterocycles. The maximum atomic E-state index is 15.4. The standard InChI is InChI=1S/C37H40F2N6O5/c1-36(2,3)30(42-32(46)23-12-22(23)18-7-5-4-6-8-18)34(48)44-16-25-19-9-24(26(39)10-19)28(25)29(44)33(47)45-17-37(13-21(45)14-40)35(49)43-31-27(50-37)11-20(38)15-41-31/h4-8,11,15,19,21-26,28-30H,9-10,12-13,16-17H2,1-3H3,(H,42,46)(H,41,43,49). The van der Waals surface area contributed by atoms with Crippen LogP contribution in [0, 0.1) is 52.2 Å². The molecule has 5 fully saturated rings. The van der Waals surface area contributed by atoms with Crippen molar-refractivity contribution < 1.29 is 32.7 Å². The minimum atomic E-state index is -1.69. The highest BCUT2D eigenvalue weighted by molar-refractivity contribution is 6.01. The third-order valence-electron chi connectivity index (χ3n) is 12.1. The summed E-state index contributed by atoms with van der Waals surface area (Å²) < 4.78 is 35.5. The molecule has 2 aromatic rings. The van der Waals surface area contributed by atoms with Crippen molar-refractivity contribution in [3.05, 3.63) is 54.0 Å². The lowest BCUT2D eigenvalue weighted by molar-refractivity contribution is -0.150. The number of anilines is 1. The molecule has 11 unspecified atom stereocenters. The number of benzene rings is 1. The number of aromatic nitrogens is 1. The lowest BCUT2D eigenvalue weighted by atomic mass is 9.77. The summed E-state index contributed by atoms with van der Waals surface area (Å²) in [6, 6.07) is 9.81. The van der Waals surface area contributed by atoms with Gasteiger partial charge in [-0.1, -0.05) is 51.1 Å². The van der Waals surface area contributed by atoms with E-state index in [0.29, 0.717) is 19.3 Å². The summed E-state index contributed by atoms with van der Waals surface area (Å²) in [7, 11) is 0. The van der Waals surface area contributed by atoms with E-state index < -0.39 is 70.7 Å². The van der Waals surface area contributed by atoms with Crippen molar-refractivity contribution in [2.24, 2.45) is 35.0 Å². The zero-order chi connectivity index (χ0) is 35.3. The molecular weight excluding hydrogens is 646 g/mol. The van der Waals surface area contributed by atoms with Gasteiger partial charge >= 0.3 is 0 Å². The number of carbonyl (C=O) groups is 4. The van der Waals surface area contributed by atoms with Gasteiger partial charge in [-0.05, 0) is 59.8 Å². The Morgan fingerprint density at radius 3 is 2.62 bits per heavy atom. The summed E-state index contributed by atoms with van der Waals surface area (Å²) in [5.74, 6) is -3.71. The minimum absolute atomic E-state index is 0.0110. The summed E-state index contributed by atoms with van der Waals surface area (Å²) in [4.78, 5) is 63.2. The number of nitrogens with zero attached hydrogens (tertiary/aromatic N) is 4. The second-order valence-corrected chi connectivity index (χ2v) is 16.1. The van der Waals surface area contributed by atoms with E-state index >= 15 is 4.39 Å². The monoisotopic (exact) mass is 686 g/mol. The first-order valence-corrected chi connectivity index (χ1v) is 17.5. The van der Waals surface area contributed by atoms with Gasteiger partial charge in [-0.25, -0.2) is 13.8 Å². The van der Waals surface area contributed by atoms with Crippen LogP contribution in [-0.2, 0) is 19.2 Å². The Balaban J connectivity index is 1.08. The fourth-order valence-corrected chi connectivity index (χ4v) is 9.57. The zero-order valence-electron chi connectivity index (χ0n) is 28.1. The van der Waals surface area contributed by atoms with Crippen LogP contribution in [0.1, 0.15) is 57.9 Å². The molecule has 11 nitrogen and oxygen atoms in total. The number of ether oxygens (including phenoxy) is 1. The third-order valence-corrected chi connectivity index (χ3v) is 12.1. The molecule has 3 saturated carbocycles. The maximum absolute atomic E-state index is 15.4. The quantitative estimate of drug-likeness (QED) is 0.490. The van der Waals surface area contributed by atoms with Crippen molar-refractivity contribution in [1.82, 2.24) is 20.1 Å². The molecule has 1 aromatic carbocycles. The lowest BCUT2D eigenvalue weighted by Crippen LogP contribution is -2.60. The molecule has 8 rings (SSSR count). The van der Waals surface area contributed by atoms with Crippen LogP contribution in [0.15, 0.2) is 42.6 Å². The van der Waals surface area contributed by atoms with Crippen LogP contribution in [0.25, 0.3) is 0 Å². The molecule has 262 valence electrons. The number of alkyl halides is 1. The second kappa shape index (κ2) is 11.5. The van der Waals surface area contributed by atoms with E-state index in [9.17, 15) is 28.8 Å². The highest BCUT2D eigenvalue weighted by Crippen LogP contribution is 2.59. The first-order valence-electron chi connectivity index (χ1n) is 17.5. The van der Waals surface area contributed by atoms with E-state index in [-0.39, 0.29) is 60.7 Å². The molecule has 2 saturated heterocycles. The summed E-state index contributed by atoms with van der Waals surface area (Å²) in [5.41, 5.74) is -1.35. The van der Waals surface area contributed by atoms with E-state index in [2.05, 4.69) is 21.7 Å². The van der Waals surface area contributed by atoms with E-state index in [0.717, 1.165) is 17.8 Å². The smallest absolute Gasteiger partial charge is 0.271 e. The Labute approximate surface area is 288 Å². The van der Waals surface area contributed by atoms with Crippen molar-refractivity contribution in [3.63, 3.8) is 0 Å². The van der Waals surface area contributed by atoms with Gasteiger partial charge in [0, 0.05) is 24.9 Å². The molecule has 3 aliphatic carbocycles. The summed E-state index contributed by atoms with van der Waals surface area (Å²) >= 11 is 0. The average Bonchev–Trinajstić information content (AvgIpc) is 3.30. The largest absolute Gasteiger partial charge is 0.471 e. The summed E-state index contributed by atoms with van der Waals surface area (Å²) in [5, 5.41) is 15.9. The minimum Gasteiger partial charge on any atom is -0.471 e. The molecule has 11 atom stereocenters. The van der Waals surface area contributed by atoms with Gasteiger partial charge in [0.05, 0.1) is 18.8 Å². The number of hydrogen-bond donors (Lipinski definition) is 2. The Morgan fingerprint density at radius 2 is 1.90 bits per heavy atom. The Hall–Kier alpha value is -4.60. The highest BCUT2D eigenvalue weighted by atomic mass is 19.1. The predicted octanol–water partition coefficient (Wildman–Crippen LogP) is 3.57. The number of amides is 4. The van der Waals surface area contributed by atoms with Gasteiger partial charge in [0.1, 0.15) is 30.1 Å². The number of fused-ring (bicyclic) bond motifs is 6. The molecule has 3 aliphatic heterocycles. The van der Waals surface area contributed by atoms with Crippen LogP contribution in [0.3, 0.4) is 0 Å². The van der Waals surface area contributed by atoms with E-state index in [1.54, 1.807) is 0 Å². The van der Waals surface area contributed by atoms with Crippen molar-refractivity contribution in [1.29, 1.82) is 5.26 Å². The third kappa shape index (κ3) is 5.12. The molecule has 50 heavy (non-hydrogen) atoms. The van der Waals surface area contributed by atoms with Crippen LogP contribution in [0.5, 0.6) is 5.75 Å². The van der Waals surface area contributed by atoms with E-state index in [4.69, 9.17) is 4.74 Å². The Morgan fingerprint density at radius 1 is 1.14 bits per heavy atom. The van der Waals surface area contributed by atoms with Crippen molar-refractivity contribution in [2.75, 3.05) is 18.4 Å². The average molecular weight is 687 g/mol. The van der Waals surface area contributed by atoms with Gasteiger partial charge in [0.25, 0.3) is 5.91 Å². The van der Waals surface area contributed by atoms with E-state index in [1.807, 2.05) is 51.1 Å². The highest BCUT2D eigenvalue weighted by Gasteiger charge is 2.65. The number of nitrogens with one attached hydrogen (secondary N) is 2. The van der Waals surface area contributed by atoms with Crippen LogP contribution in [0.2, 0.25) is 0 Å². The zero-order valence-corrected chi connectivity index (χ0v) is 28.1. The van der Waals surface area contributed by atoms with Gasteiger partial charge in [-0.2, -0.15) is 5.26 Å². The molecule has 1 spiro atoms. The molecule has 2 N–H and O–H groups in total. The molecular formula is C37H40F2N6O5. The SMILES string of the molecule is CC(C)(C)C(NC(=O)C1CC1c1ccccc1)C(=O)N1CC2C3CC(F)C(C3)C2C1C(=O)N1CC2(CC1C#N)Oc1cc(F)cnc1NC2=O. The van der Waals surface area contributed by atoms with Crippen LogP contribution >= 0.6 is 0 Å². The topological polar surface area (TPSA) is 145 Å². The second-order valence-electron chi connectivity index (χ2n) is 16.1. The molecule has 2 bridgehead atoms. The van der Waals surface area contributed by atoms with Crippen LogP contribution in [0.4, 0.5) is 14.6 Å². The van der Waals surface area contributed by atoms with E-state index in [1.165, 1.54) is 9.80 Å². The molecule has 0 radical (unpaired) electrons. The van der Waals surface area contributed by atoms with Gasteiger partial charge in [0.2, 0.25) is 23.3 Å². The summed E-state index contributed by atoms with van der Waals surface area (Å²) in [6.07, 6.45) is 1.31. The molecule has 4 heterocycles. The Bertz CT molecular complexity index is 1810. The van der Waals surface area contributed by atoms with Crippen molar-refractivity contribution in [3.8, 4) is 11.8 Å². The first kappa shape index (κ1) is 32.6. The number of halogens is 2. The predicted molar refractivity (Wildman–Crippen MR) is 174 cm³/mol. The summed E-state index contributed by atoms with van der Waals surface area (Å²) in [6.45, 7) is 5.49. The van der Waals surface area contributed by atoms with Crippen molar-refractivity contribution in [2.45, 2.75) is 82.3 Å². The Kier molecular flexibility index (Phi) is 7.48. The normalized spacial score (nSPS) is 35.5. The number of likely N-dealkylation sites (tertiary alicyclic amines) is 2. The lowest BCUT2D eigenvalue weighted by Gasteiger charge is -2.39.